The highest BCUT2D eigenvalue weighted by molar-refractivity contribution is 7.13. The minimum absolute atomic E-state index is 0. The lowest BCUT2D eigenvalue weighted by molar-refractivity contribution is 0.0606. The molecular weight excluding hydrogens is 381 g/mol. The van der Waals surface area contributed by atoms with Gasteiger partial charge in [-0.25, -0.2) is 9.78 Å². The van der Waals surface area contributed by atoms with Gasteiger partial charge in [0.2, 0.25) is 0 Å². The first kappa shape index (κ1) is 22.6. The molecule has 2 aliphatic rings. The highest BCUT2D eigenvalue weighted by Crippen LogP contribution is 2.25. The summed E-state index contributed by atoms with van der Waals surface area (Å²) in [4.78, 5) is 19.1. The number of thiazole rings is 1. The summed E-state index contributed by atoms with van der Waals surface area (Å²) in [6.45, 7) is 6.05. The van der Waals surface area contributed by atoms with Crippen LogP contribution in [0.5, 0.6) is 0 Å². The minimum Gasteiger partial charge on any atom is -0.465 e. The molecule has 0 aliphatic carbocycles. The monoisotopic (exact) mass is 409 g/mol. The molecule has 1 aromatic rings. The molecule has 25 heavy (non-hydrogen) atoms. The van der Waals surface area contributed by atoms with Gasteiger partial charge in [-0.15, -0.1) is 36.2 Å². The number of carbonyl (C=O) groups excluding carboxylic acids is 1. The molecular formula is C17H29Cl2N3O2S. The molecule has 0 aromatic carbocycles. The Labute approximate surface area is 166 Å². The molecule has 1 N–H and O–H groups in total. The van der Waals surface area contributed by atoms with Crippen LogP contribution in [0.3, 0.4) is 0 Å². The van der Waals surface area contributed by atoms with E-state index in [2.05, 4.69) is 15.2 Å². The van der Waals surface area contributed by atoms with Gasteiger partial charge in [0.15, 0.2) is 0 Å². The number of halogens is 2. The largest absolute Gasteiger partial charge is 0.465 e. The topological polar surface area (TPSA) is 54.5 Å². The molecule has 3 rings (SSSR count). The molecule has 0 radical (unpaired) electrons. The van der Waals surface area contributed by atoms with E-state index >= 15 is 0 Å². The van der Waals surface area contributed by atoms with Gasteiger partial charge in [-0.3, -0.25) is 0 Å². The number of hydrogen-bond acceptors (Lipinski definition) is 6. The molecule has 5 nitrogen and oxygen atoms in total. The number of hydrogen-bond donors (Lipinski definition) is 1. The molecule has 1 unspecified atom stereocenters. The molecule has 8 heteroatoms. The Kier molecular flexibility index (Phi) is 10.3. The average Bonchev–Trinajstić information content (AvgIpc) is 3.05. The third kappa shape index (κ3) is 6.68. The van der Waals surface area contributed by atoms with Crippen molar-refractivity contribution in [1.29, 1.82) is 0 Å². The van der Waals surface area contributed by atoms with E-state index in [0.717, 1.165) is 17.3 Å². The lowest BCUT2D eigenvalue weighted by atomic mass is 9.92. The van der Waals surface area contributed by atoms with E-state index in [0.29, 0.717) is 10.8 Å². The summed E-state index contributed by atoms with van der Waals surface area (Å²) in [6, 6.07) is 0. The van der Waals surface area contributed by atoms with Gasteiger partial charge >= 0.3 is 5.97 Å². The van der Waals surface area contributed by atoms with Crippen molar-refractivity contribution in [3.63, 3.8) is 0 Å². The second-order valence-electron chi connectivity index (χ2n) is 6.77. The van der Waals surface area contributed by atoms with Crippen molar-refractivity contribution in [1.82, 2.24) is 15.2 Å². The predicted molar refractivity (Wildman–Crippen MR) is 106 cm³/mol. The predicted octanol–water partition coefficient (Wildman–Crippen LogP) is 3.03. The van der Waals surface area contributed by atoms with Crippen LogP contribution >= 0.6 is 36.2 Å². The Morgan fingerprint density at radius 1 is 1.32 bits per heavy atom. The van der Waals surface area contributed by atoms with Crippen molar-refractivity contribution < 1.29 is 9.53 Å². The Morgan fingerprint density at radius 2 is 2.08 bits per heavy atom. The van der Waals surface area contributed by atoms with Crippen LogP contribution in [0.15, 0.2) is 6.20 Å². The van der Waals surface area contributed by atoms with Gasteiger partial charge in [-0.05, 0) is 63.7 Å². The summed E-state index contributed by atoms with van der Waals surface area (Å²) in [6.07, 6.45) is 7.84. The lowest BCUT2D eigenvalue weighted by Gasteiger charge is -2.35. The van der Waals surface area contributed by atoms with Crippen LogP contribution in [0.25, 0.3) is 0 Å². The van der Waals surface area contributed by atoms with E-state index in [4.69, 9.17) is 4.74 Å². The highest BCUT2D eigenvalue weighted by Gasteiger charge is 2.23. The third-order valence-corrected chi connectivity index (χ3v) is 6.03. The fraction of sp³-hybridized carbons (Fsp3) is 0.765. The van der Waals surface area contributed by atoms with E-state index in [-0.39, 0.29) is 30.8 Å². The fourth-order valence-electron chi connectivity index (χ4n) is 3.66. The molecule has 0 spiro atoms. The van der Waals surface area contributed by atoms with E-state index < -0.39 is 0 Å². The molecule has 2 fully saturated rings. The first-order valence-corrected chi connectivity index (χ1v) is 9.52. The molecule has 0 bridgehead atoms. The molecule has 2 saturated heterocycles. The van der Waals surface area contributed by atoms with Crippen LogP contribution in [0.4, 0.5) is 0 Å². The molecule has 2 aliphatic heterocycles. The van der Waals surface area contributed by atoms with Gasteiger partial charge in [0.25, 0.3) is 0 Å². The summed E-state index contributed by atoms with van der Waals surface area (Å²) < 4.78 is 4.75. The van der Waals surface area contributed by atoms with Gasteiger partial charge in [-0.1, -0.05) is 0 Å². The zero-order valence-corrected chi connectivity index (χ0v) is 17.2. The number of methoxy groups -OCH3 is 1. The van der Waals surface area contributed by atoms with Crippen LogP contribution in [0.2, 0.25) is 0 Å². The van der Waals surface area contributed by atoms with Gasteiger partial charge in [0, 0.05) is 13.0 Å². The summed E-state index contributed by atoms with van der Waals surface area (Å²) in [7, 11) is 1.42. The summed E-state index contributed by atoms with van der Waals surface area (Å²) in [5, 5.41) is 4.58. The SMILES string of the molecule is COC(=O)c1cnc(CC2CCN(CC3CCCNC3)CC2)s1.Cl.Cl. The molecule has 1 atom stereocenters. The number of rotatable bonds is 5. The summed E-state index contributed by atoms with van der Waals surface area (Å²) in [5.41, 5.74) is 0. The first-order chi connectivity index (χ1) is 11.2. The van der Waals surface area contributed by atoms with E-state index in [1.165, 1.54) is 76.9 Å². The standard InChI is InChI=1S/C17H27N3O2S.2ClH/c1-22-17(21)15-11-19-16(23-15)9-13-4-7-20(8-5-13)12-14-3-2-6-18-10-14;;/h11,13-14,18H,2-10,12H2,1H3;2*1H. The normalized spacial score (nSPS) is 21.9. The molecule has 0 saturated carbocycles. The zero-order valence-electron chi connectivity index (χ0n) is 14.7. The van der Waals surface area contributed by atoms with Crippen LogP contribution in [0.1, 0.15) is 40.4 Å². The Balaban J connectivity index is 0.00000156. The fourth-order valence-corrected chi connectivity index (χ4v) is 4.62. The van der Waals surface area contributed by atoms with Gasteiger partial charge in [0.05, 0.1) is 18.3 Å². The van der Waals surface area contributed by atoms with Crippen LogP contribution in [-0.4, -0.2) is 55.7 Å². The van der Waals surface area contributed by atoms with Crippen molar-refractivity contribution >= 4 is 42.1 Å². The third-order valence-electron chi connectivity index (χ3n) is 5.03. The highest BCUT2D eigenvalue weighted by atomic mass is 35.5. The number of carbonyl (C=O) groups is 1. The van der Waals surface area contributed by atoms with Gasteiger partial charge in [0.1, 0.15) is 4.88 Å². The number of nitrogens with zero attached hydrogens (tertiary/aromatic N) is 2. The van der Waals surface area contributed by atoms with Crippen molar-refractivity contribution in [2.24, 2.45) is 11.8 Å². The molecule has 144 valence electrons. The maximum atomic E-state index is 11.5. The quantitative estimate of drug-likeness (QED) is 0.757. The van der Waals surface area contributed by atoms with Crippen LogP contribution in [-0.2, 0) is 11.2 Å². The van der Waals surface area contributed by atoms with Crippen LogP contribution in [0, 0.1) is 11.8 Å². The van der Waals surface area contributed by atoms with Crippen molar-refractivity contribution in [3.8, 4) is 0 Å². The second-order valence-corrected chi connectivity index (χ2v) is 7.89. The lowest BCUT2D eigenvalue weighted by Crippen LogP contribution is -2.42. The number of likely N-dealkylation sites (tertiary alicyclic amines) is 1. The minimum atomic E-state index is -0.273. The maximum absolute atomic E-state index is 11.5. The average molecular weight is 410 g/mol. The van der Waals surface area contributed by atoms with Crippen molar-refractivity contribution in [2.45, 2.75) is 32.1 Å². The molecule has 3 heterocycles. The number of piperidine rings is 2. The Hall–Kier alpha value is -0.400. The van der Waals surface area contributed by atoms with Crippen molar-refractivity contribution in [2.75, 3.05) is 39.8 Å². The molecule has 1 aromatic heterocycles. The first-order valence-electron chi connectivity index (χ1n) is 8.70. The van der Waals surface area contributed by atoms with E-state index in [9.17, 15) is 4.79 Å². The van der Waals surface area contributed by atoms with E-state index in [1.807, 2.05) is 0 Å². The Bertz CT molecular complexity index is 516. The van der Waals surface area contributed by atoms with Crippen LogP contribution < -0.4 is 5.32 Å². The van der Waals surface area contributed by atoms with E-state index in [1.54, 1.807) is 6.20 Å². The number of aromatic nitrogens is 1. The maximum Gasteiger partial charge on any atom is 0.349 e. The van der Waals surface area contributed by atoms with Gasteiger partial charge in [-0.2, -0.15) is 0 Å². The summed E-state index contributed by atoms with van der Waals surface area (Å²) in [5.74, 6) is 1.26. The number of esters is 1. The number of ether oxygens (including phenoxy) is 1. The second kappa shape index (κ2) is 11.3. The zero-order chi connectivity index (χ0) is 16.1. The summed E-state index contributed by atoms with van der Waals surface area (Å²) >= 11 is 1.48. The smallest absolute Gasteiger partial charge is 0.349 e. The van der Waals surface area contributed by atoms with Crippen molar-refractivity contribution in [3.05, 3.63) is 16.1 Å². The Morgan fingerprint density at radius 3 is 2.72 bits per heavy atom. The number of nitrogens with one attached hydrogen (secondary N) is 1. The molecule has 0 amide bonds. The van der Waals surface area contributed by atoms with Gasteiger partial charge < -0.3 is 15.0 Å².